The van der Waals surface area contributed by atoms with Crippen molar-refractivity contribution in [3.63, 3.8) is 0 Å². The minimum Gasteiger partial charge on any atom is -0.493 e. The van der Waals surface area contributed by atoms with E-state index in [1.807, 2.05) is 48.5 Å². The number of nitrogens with one attached hydrogen (secondary N) is 2. The van der Waals surface area contributed by atoms with E-state index in [-0.39, 0.29) is 0 Å². The van der Waals surface area contributed by atoms with Gasteiger partial charge in [-0.05, 0) is 29.8 Å². The number of hydrogen-bond acceptors (Lipinski definition) is 5. The predicted molar refractivity (Wildman–Crippen MR) is 91.9 cm³/mol. The van der Waals surface area contributed by atoms with E-state index >= 15 is 0 Å². The topological polar surface area (TPSA) is 51.8 Å². The smallest absolute Gasteiger partial charge is 0.161 e. The van der Waals surface area contributed by atoms with Crippen molar-refractivity contribution in [3.8, 4) is 11.5 Å². The molecule has 0 spiro atoms. The highest BCUT2D eigenvalue weighted by Crippen LogP contribution is 2.28. The van der Waals surface area contributed by atoms with Crippen LogP contribution >= 0.6 is 0 Å². The summed E-state index contributed by atoms with van der Waals surface area (Å²) in [7, 11) is 3.33. The molecule has 0 aliphatic rings. The number of anilines is 1. The lowest BCUT2D eigenvalue weighted by Gasteiger charge is -2.13. The highest BCUT2D eigenvalue weighted by molar-refractivity contribution is 5.44. The Hall–Kier alpha value is -2.24. The van der Waals surface area contributed by atoms with Crippen molar-refractivity contribution in [2.75, 3.05) is 32.9 Å². The third-order valence-electron chi connectivity index (χ3n) is 3.28. The highest BCUT2D eigenvalue weighted by Gasteiger charge is 2.06. The second-order valence-electron chi connectivity index (χ2n) is 5.02. The summed E-state index contributed by atoms with van der Waals surface area (Å²) < 4.78 is 16.1. The molecule has 124 valence electrons. The predicted octanol–water partition coefficient (Wildman–Crippen LogP) is 3.23. The third kappa shape index (κ3) is 5.81. The van der Waals surface area contributed by atoms with Crippen LogP contribution in [0.5, 0.6) is 11.5 Å². The molecule has 5 nitrogen and oxygen atoms in total. The van der Waals surface area contributed by atoms with E-state index in [0.29, 0.717) is 19.8 Å². The minimum atomic E-state index is 0.601. The molecule has 0 bridgehead atoms. The lowest BCUT2D eigenvalue weighted by atomic mass is 10.2. The molecule has 23 heavy (non-hydrogen) atoms. The Balaban J connectivity index is 1.88. The van der Waals surface area contributed by atoms with Gasteiger partial charge in [0.05, 0.1) is 13.7 Å². The average molecular weight is 316 g/mol. The van der Waals surface area contributed by atoms with Gasteiger partial charge in [0.1, 0.15) is 0 Å². The van der Waals surface area contributed by atoms with Crippen molar-refractivity contribution in [3.05, 3.63) is 54.1 Å². The van der Waals surface area contributed by atoms with Crippen LogP contribution in [0.1, 0.15) is 12.0 Å². The quantitative estimate of drug-likeness (QED) is 0.521. The molecule has 2 aromatic rings. The van der Waals surface area contributed by atoms with Gasteiger partial charge in [0, 0.05) is 32.4 Å². The van der Waals surface area contributed by atoms with Crippen LogP contribution in [0.3, 0.4) is 0 Å². The van der Waals surface area contributed by atoms with Gasteiger partial charge in [-0.25, -0.2) is 5.43 Å². The zero-order chi connectivity index (χ0) is 16.3. The van der Waals surface area contributed by atoms with Gasteiger partial charge >= 0.3 is 0 Å². The number of hydrogen-bond donors (Lipinski definition) is 2. The fourth-order valence-electron chi connectivity index (χ4n) is 2.10. The molecule has 0 saturated heterocycles. The first-order valence-electron chi connectivity index (χ1n) is 7.66. The zero-order valence-electron chi connectivity index (χ0n) is 13.7. The standard InChI is InChI=1S/C18H24N2O3/c1-21-11-6-12-23-18-13-15(9-10-17(18)22-2)14-19-20-16-7-4-3-5-8-16/h3-5,7-10,13,19-20H,6,11-12,14H2,1-2H3. The summed E-state index contributed by atoms with van der Waals surface area (Å²) in [6, 6.07) is 15.9. The van der Waals surface area contributed by atoms with Gasteiger partial charge in [0.25, 0.3) is 0 Å². The molecule has 0 aliphatic carbocycles. The van der Waals surface area contributed by atoms with Crippen LogP contribution in [0.2, 0.25) is 0 Å². The number of ether oxygens (including phenoxy) is 3. The fraction of sp³-hybridized carbons (Fsp3) is 0.333. The normalized spacial score (nSPS) is 10.3. The van der Waals surface area contributed by atoms with E-state index < -0.39 is 0 Å². The second kappa shape index (κ2) is 9.71. The molecule has 0 unspecified atom stereocenters. The first kappa shape index (κ1) is 17.1. The minimum absolute atomic E-state index is 0.601. The monoisotopic (exact) mass is 316 g/mol. The Bertz CT molecular complexity index is 576. The van der Waals surface area contributed by atoms with Crippen LogP contribution in [-0.2, 0) is 11.3 Å². The molecule has 5 heteroatoms. The lowest BCUT2D eigenvalue weighted by molar-refractivity contribution is 0.170. The molecule has 2 rings (SSSR count). The SMILES string of the molecule is COCCCOc1cc(CNNc2ccccc2)ccc1OC. The van der Waals surface area contributed by atoms with Gasteiger partial charge in [-0.3, -0.25) is 0 Å². The number of para-hydroxylation sites is 1. The van der Waals surface area contributed by atoms with Gasteiger partial charge < -0.3 is 19.6 Å². The first-order chi connectivity index (χ1) is 11.3. The summed E-state index contributed by atoms with van der Waals surface area (Å²) in [5, 5.41) is 0. The second-order valence-corrected chi connectivity index (χ2v) is 5.02. The maximum absolute atomic E-state index is 5.78. The van der Waals surface area contributed by atoms with E-state index in [9.17, 15) is 0 Å². The molecule has 0 fully saturated rings. The van der Waals surface area contributed by atoms with Crippen molar-refractivity contribution in [2.24, 2.45) is 0 Å². The first-order valence-corrected chi connectivity index (χ1v) is 7.66. The molecule has 0 radical (unpaired) electrons. The van der Waals surface area contributed by atoms with Crippen LogP contribution in [0.15, 0.2) is 48.5 Å². The summed E-state index contributed by atoms with van der Waals surface area (Å²) in [5.41, 5.74) is 8.49. The maximum atomic E-state index is 5.78. The largest absolute Gasteiger partial charge is 0.493 e. The Morgan fingerprint density at radius 3 is 2.48 bits per heavy atom. The molecule has 0 aromatic heterocycles. The van der Waals surface area contributed by atoms with Crippen molar-refractivity contribution in [2.45, 2.75) is 13.0 Å². The van der Waals surface area contributed by atoms with Crippen molar-refractivity contribution in [1.82, 2.24) is 5.43 Å². The molecule has 0 aliphatic heterocycles. The molecular weight excluding hydrogens is 292 g/mol. The van der Waals surface area contributed by atoms with Crippen molar-refractivity contribution < 1.29 is 14.2 Å². The van der Waals surface area contributed by atoms with E-state index in [1.165, 1.54) is 0 Å². The summed E-state index contributed by atoms with van der Waals surface area (Å²) in [6.45, 7) is 1.96. The van der Waals surface area contributed by atoms with Crippen molar-refractivity contribution in [1.29, 1.82) is 0 Å². The zero-order valence-corrected chi connectivity index (χ0v) is 13.7. The summed E-state index contributed by atoms with van der Waals surface area (Å²) >= 11 is 0. The number of hydrazine groups is 1. The molecular formula is C18H24N2O3. The van der Waals surface area contributed by atoms with Crippen LogP contribution < -0.4 is 20.3 Å². The number of methoxy groups -OCH3 is 2. The van der Waals surface area contributed by atoms with E-state index in [1.54, 1.807) is 14.2 Å². The molecule has 2 aromatic carbocycles. The Kier molecular flexibility index (Phi) is 7.23. The molecule has 0 saturated carbocycles. The summed E-state index contributed by atoms with van der Waals surface area (Å²) in [5.74, 6) is 1.49. The Morgan fingerprint density at radius 2 is 1.74 bits per heavy atom. The van der Waals surface area contributed by atoms with Gasteiger partial charge in [0.15, 0.2) is 11.5 Å². The highest BCUT2D eigenvalue weighted by atomic mass is 16.5. The van der Waals surface area contributed by atoms with Crippen molar-refractivity contribution >= 4 is 5.69 Å². The molecule has 2 N–H and O–H groups in total. The van der Waals surface area contributed by atoms with E-state index in [2.05, 4.69) is 10.9 Å². The van der Waals surface area contributed by atoms with Gasteiger partial charge in [-0.2, -0.15) is 0 Å². The molecule has 0 amide bonds. The average Bonchev–Trinajstić information content (AvgIpc) is 2.60. The van der Waals surface area contributed by atoms with E-state index in [0.717, 1.165) is 29.2 Å². The Morgan fingerprint density at radius 1 is 0.913 bits per heavy atom. The summed E-state index contributed by atoms with van der Waals surface area (Å²) in [6.07, 6.45) is 0.845. The number of benzene rings is 2. The van der Waals surface area contributed by atoms with Crippen LogP contribution in [0.25, 0.3) is 0 Å². The number of rotatable bonds is 10. The van der Waals surface area contributed by atoms with Gasteiger partial charge in [-0.15, -0.1) is 0 Å². The van der Waals surface area contributed by atoms with Crippen LogP contribution in [0.4, 0.5) is 5.69 Å². The van der Waals surface area contributed by atoms with E-state index in [4.69, 9.17) is 14.2 Å². The summed E-state index contributed by atoms with van der Waals surface area (Å²) in [4.78, 5) is 0. The molecule has 0 atom stereocenters. The van der Waals surface area contributed by atoms with Gasteiger partial charge in [-0.1, -0.05) is 24.3 Å². The fourth-order valence-corrected chi connectivity index (χ4v) is 2.10. The maximum Gasteiger partial charge on any atom is 0.161 e. The van der Waals surface area contributed by atoms with Gasteiger partial charge in [0.2, 0.25) is 0 Å². The third-order valence-corrected chi connectivity index (χ3v) is 3.28. The van der Waals surface area contributed by atoms with Crippen LogP contribution in [0, 0.1) is 0 Å². The Labute approximate surface area is 137 Å². The van der Waals surface area contributed by atoms with Crippen LogP contribution in [-0.4, -0.2) is 27.4 Å². The lowest BCUT2D eigenvalue weighted by Crippen LogP contribution is -2.20. The molecule has 0 heterocycles.